The molecule has 7 nitrogen and oxygen atoms in total. The lowest BCUT2D eigenvalue weighted by atomic mass is 10.1. The molecule has 1 amide bonds. The number of carbonyl (C=O) groups is 1. The summed E-state index contributed by atoms with van der Waals surface area (Å²) < 4.78 is 7.68. The van der Waals surface area contributed by atoms with Crippen LogP contribution in [0.2, 0.25) is 0 Å². The quantitative estimate of drug-likeness (QED) is 0.905. The second-order valence-electron chi connectivity index (χ2n) is 5.30. The summed E-state index contributed by atoms with van der Waals surface area (Å²) in [7, 11) is 0. The summed E-state index contributed by atoms with van der Waals surface area (Å²) in [5.74, 6) is 0.0165. The minimum atomic E-state index is -0.117. The fraction of sp³-hybridized carbons (Fsp3) is 0.533. The molecule has 0 spiro atoms. The number of anilines is 1. The van der Waals surface area contributed by atoms with E-state index in [1.165, 1.54) is 11.3 Å². The van der Waals surface area contributed by atoms with E-state index in [-0.39, 0.29) is 12.0 Å². The summed E-state index contributed by atoms with van der Waals surface area (Å²) in [6, 6.07) is 0. The summed E-state index contributed by atoms with van der Waals surface area (Å²) >= 11 is 1.39. The van der Waals surface area contributed by atoms with Gasteiger partial charge in [0.2, 0.25) is 0 Å². The van der Waals surface area contributed by atoms with Gasteiger partial charge < -0.3 is 15.0 Å². The van der Waals surface area contributed by atoms with E-state index >= 15 is 0 Å². The molecule has 0 aromatic carbocycles. The van der Waals surface area contributed by atoms with Crippen LogP contribution in [0.15, 0.2) is 18.6 Å². The normalized spacial score (nSPS) is 18.2. The standard InChI is InChI=1S/C15H21N5O2S/c1-3-16-15-17-8-13(23-15)14(21)19-5-6-22-12(10-19)11-7-18-20(4-2)9-11/h7-9,12H,3-6,10H2,1-2H3,(H,16,17)/t12-/m1/s1. The fourth-order valence-electron chi connectivity index (χ4n) is 2.52. The molecule has 124 valence electrons. The smallest absolute Gasteiger partial charge is 0.265 e. The average molecular weight is 335 g/mol. The lowest BCUT2D eigenvalue weighted by molar-refractivity contribution is -0.0227. The van der Waals surface area contributed by atoms with Crippen LogP contribution in [0.3, 0.4) is 0 Å². The number of morpholine rings is 1. The van der Waals surface area contributed by atoms with Gasteiger partial charge in [0.1, 0.15) is 11.0 Å². The highest BCUT2D eigenvalue weighted by Gasteiger charge is 2.28. The van der Waals surface area contributed by atoms with Gasteiger partial charge in [-0.15, -0.1) is 0 Å². The van der Waals surface area contributed by atoms with Crippen LogP contribution in [0.1, 0.15) is 35.2 Å². The third-order valence-electron chi connectivity index (χ3n) is 3.75. The maximum Gasteiger partial charge on any atom is 0.265 e. The van der Waals surface area contributed by atoms with E-state index in [4.69, 9.17) is 4.74 Å². The lowest BCUT2D eigenvalue weighted by Crippen LogP contribution is -2.41. The van der Waals surface area contributed by atoms with Gasteiger partial charge in [-0.25, -0.2) is 4.98 Å². The molecule has 3 heterocycles. The first kappa shape index (κ1) is 15.9. The summed E-state index contributed by atoms with van der Waals surface area (Å²) in [5, 5.41) is 8.19. The highest BCUT2D eigenvalue weighted by atomic mass is 32.1. The zero-order valence-electron chi connectivity index (χ0n) is 13.4. The number of hydrogen-bond donors (Lipinski definition) is 1. The SMILES string of the molecule is CCNc1ncc(C(=O)N2CCO[C@@H](c3cnn(CC)c3)C2)s1. The Balaban J connectivity index is 1.68. The molecule has 1 fully saturated rings. The van der Waals surface area contributed by atoms with Crippen molar-refractivity contribution >= 4 is 22.4 Å². The topological polar surface area (TPSA) is 72.3 Å². The molecule has 0 radical (unpaired) electrons. The Morgan fingerprint density at radius 1 is 1.48 bits per heavy atom. The lowest BCUT2D eigenvalue weighted by Gasteiger charge is -2.32. The summed E-state index contributed by atoms with van der Waals surface area (Å²) in [6.07, 6.45) is 5.33. The first-order chi connectivity index (χ1) is 11.2. The van der Waals surface area contributed by atoms with E-state index in [1.807, 2.05) is 35.8 Å². The predicted octanol–water partition coefficient (Wildman–Crippen LogP) is 2.00. The number of nitrogens with one attached hydrogen (secondary N) is 1. The zero-order chi connectivity index (χ0) is 16.2. The van der Waals surface area contributed by atoms with Gasteiger partial charge >= 0.3 is 0 Å². The number of aryl methyl sites for hydroxylation is 1. The van der Waals surface area contributed by atoms with E-state index < -0.39 is 0 Å². The van der Waals surface area contributed by atoms with Crippen LogP contribution in [0.25, 0.3) is 0 Å². The molecule has 0 unspecified atom stereocenters. The summed E-state index contributed by atoms with van der Waals surface area (Å²) in [4.78, 5) is 19.4. The van der Waals surface area contributed by atoms with E-state index in [2.05, 4.69) is 15.4 Å². The van der Waals surface area contributed by atoms with Crippen molar-refractivity contribution in [3.8, 4) is 0 Å². The molecule has 1 saturated heterocycles. The van der Waals surface area contributed by atoms with Gasteiger partial charge in [-0.05, 0) is 13.8 Å². The minimum absolute atomic E-state index is 0.0165. The largest absolute Gasteiger partial charge is 0.370 e. The zero-order valence-corrected chi connectivity index (χ0v) is 14.2. The highest BCUT2D eigenvalue weighted by molar-refractivity contribution is 7.17. The van der Waals surface area contributed by atoms with Gasteiger partial charge in [0, 0.05) is 31.4 Å². The van der Waals surface area contributed by atoms with Gasteiger partial charge in [-0.3, -0.25) is 9.48 Å². The molecule has 2 aromatic rings. The Hall–Kier alpha value is -1.93. The van der Waals surface area contributed by atoms with Crippen LogP contribution in [0.5, 0.6) is 0 Å². The molecular formula is C15H21N5O2S. The van der Waals surface area contributed by atoms with Crippen molar-refractivity contribution in [2.45, 2.75) is 26.5 Å². The third kappa shape index (κ3) is 3.53. The Morgan fingerprint density at radius 3 is 3.09 bits per heavy atom. The van der Waals surface area contributed by atoms with Crippen molar-refractivity contribution in [1.82, 2.24) is 19.7 Å². The molecule has 1 N–H and O–H groups in total. The van der Waals surface area contributed by atoms with Crippen LogP contribution < -0.4 is 5.32 Å². The number of ether oxygens (including phenoxy) is 1. The Labute approximate surface area is 139 Å². The van der Waals surface area contributed by atoms with Crippen LogP contribution in [-0.4, -0.2) is 51.8 Å². The van der Waals surface area contributed by atoms with Crippen molar-refractivity contribution < 1.29 is 9.53 Å². The third-order valence-corrected chi connectivity index (χ3v) is 4.69. The number of nitrogens with zero attached hydrogens (tertiary/aromatic N) is 4. The second kappa shape index (κ2) is 7.10. The molecule has 1 aliphatic heterocycles. The van der Waals surface area contributed by atoms with Gasteiger partial charge in [0.05, 0.1) is 25.5 Å². The monoisotopic (exact) mass is 335 g/mol. The number of rotatable bonds is 5. The molecule has 23 heavy (non-hydrogen) atoms. The number of carbonyl (C=O) groups excluding carboxylic acids is 1. The Bertz CT molecular complexity index is 668. The van der Waals surface area contributed by atoms with Crippen molar-refractivity contribution in [3.05, 3.63) is 29.0 Å². The molecule has 8 heteroatoms. The number of aromatic nitrogens is 3. The van der Waals surface area contributed by atoms with Gasteiger partial charge in [0.15, 0.2) is 5.13 Å². The number of thiazole rings is 1. The van der Waals surface area contributed by atoms with Gasteiger partial charge in [-0.1, -0.05) is 11.3 Å². The summed E-state index contributed by atoms with van der Waals surface area (Å²) in [5.41, 5.74) is 1.02. The molecule has 2 aromatic heterocycles. The molecular weight excluding hydrogens is 314 g/mol. The van der Waals surface area contributed by atoms with Crippen LogP contribution in [0, 0.1) is 0 Å². The van der Waals surface area contributed by atoms with E-state index in [0.717, 1.165) is 23.8 Å². The van der Waals surface area contributed by atoms with Gasteiger partial charge in [0.25, 0.3) is 5.91 Å². The molecule has 0 aliphatic carbocycles. The first-order valence-corrected chi connectivity index (χ1v) is 8.65. The van der Waals surface area contributed by atoms with E-state index in [0.29, 0.717) is 24.6 Å². The molecule has 1 atom stereocenters. The van der Waals surface area contributed by atoms with E-state index in [9.17, 15) is 4.79 Å². The minimum Gasteiger partial charge on any atom is -0.370 e. The average Bonchev–Trinajstić information content (AvgIpc) is 3.24. The fourth-order valence-corrected chi connectivity index (χ4v) is 3.37. The van der Waals surface area contributed by atoms with E-state index in [1.54, 1.807) is 6.20 Å². The molecule has 3 rings (SSSR count). The van der Waals surface area contributed by atoms with Gasteiger partial charge in [-0.2, -0.15) is 5.10 Å². The highest BCUT2D eigenvalue weighted by Crippen LogP contribution is 2.25. The second-order valence-corrected chi connectivity index (χ2v) is 6.33. The maximum absolute atomic E-state index is 12.6. The number of hydrogen-bond acceptors (Lipinski definition) is 6. The van der Waals surface area contributed by atoms with Crippen LogP contribution >= 0.6 is 11.3 Å². The Morgan fingerprint density at radius 2 is 2.35 bits per heavy atom. The van der Waals surface area contributed by atoms with Crippen LogP contribution in [-0.2, 0) is 11.3 Å². The molecule has 1 aliphatic rings. The van der Waals surface area contributed by atoms with Crippen LogP contribution in [0.4, 0.5) is 5.13 Å². The predicted molar refractivity (Wildman–Crippen MR) is 88.8 cm³/mol. The van der Waals surface area contributed by atoms with Crippen molar-refractivity contribution in [2.24, 2.45) is 0 Å². The van der Waals surface area contributed by atoms with Crippen molar-refractivity contribution in [3.63, 3.8) is 0 Å². The Kier molecular flexibility index (Phi) is 4.92. The maximum atomic E-state index is 12.6. The molecule has 0 bridgehead atoms. The molecule has 0 saturated carbocycles. The number of amides is 1. The van der Waals surface area contributed by atoms with Crippen molar-refractivity contribution in [2.75, 3.05) is 31.6 Å². The first-order valence-electron chi connectivity index (χ1n) is 7.84. The van der Waals surface area contributed by atoms with Crippen molar-refractivity contribution in [1.29, 1.82) is 0 Å². The summed E-state index contributed by atoms with van der Waals surface area (Å²) in [6.45, 7) is 7.35.